The van der Waals surface area contributed by atoms with E-state index in [9.17, 15) is 14.9 Å². The third-order valence-corrected chi connectivity index (χ3v) is 4.60. The number of aromatic nitrogens is 2. The molecule has 1 atom stereocenters. The lowest BCUT2D eigenvalue weighted by atomic mass is 10.1. The second-order valence-electron chi connectivity index (χ2n) is 6.73. The van der Waals surface area contributed by atoms with E-state index in [0.29, 0.717) is 28.3 Å². The van der Waals surface area contributed by atoms with Gasteiger partial charge < -0.3 is 15.0 Å². The Hall–Kier alpha value is -4.20. The first-order chi connectivity index (χ1) is 14.5. The number of amides is 1. The summed E-state index contributed by atoms with van der Waals surface area (Å²) in [5.41, 5.74) is 1.66. The first kappa shape index (κ1) is 19.1. The van der Waals surface area contributed by atoms with Crippen LogP contribution in [-0.4, -0.2) is 20.8 Å². The molecule has 1 amide bonds. The largest absolute Gasteiger partial charge is 0.457 e. The van der Waals surface area contributed by atoms with E-state index in [2.05, 4.69) is 15.3 Å². The molecule has 0 saturated heterocycles. The molecule has 0 aliphatic carbocycles. The molecule has 0 saturated carbocycles. The fourth-order valence-corrected chi connectivity index (χ4v) is 2.94. The van der Waals surface area contributed by atoms with Gasteiger partial charge in [0.2, 0.25) is 5.91 Å². The molecule has 0 aliphatic rings. The average Bonchev–Trinajstić information content (AvgIpc) is 3.18. The zero-order valence-corrected chi connectivity index (χ0v) is 16.0. The molecule has 8 heteroatoms. The average molecular weight is 402 g/mol. The van der Waals surface area contributed by atoms with E-state index in [1.807, 2.05) is 30.3 Å². The summed E-state index contributed by atoms with van der Waals surface area (Å²) < 4.78 is 5.74. The van der Waals surface area contributed by atoms with Gasteiger partial charge in [-0.15, -0.1) is 0 Å². The normalized spacial score (nSPS) is 11.8. The van der Waals surface area contributed by atoms with Crippen LogP contribution in [0.4, 0.5) is 11.4 Å². The molecule has 0 spiro atoms. The number of rotatable bonds is 6. The lowest BCUT2D eigenvalue weighted by Gasteiger charge is -2.11. The van der Waals surface area contributed by atoms with Crippen LogP contribution in [0.1, 0.15) is 18.7 Å². The van der Waals surface area contributed by atoms with Crippen LogP contribution in [-0.2, 0) is 4.79 Å². The summed E-state index contributed by atoms with van der Waals surface area (Å²) in [7, 11) is 0. The Morgan fingerprint density at radius 2 is 1.77 bits per heavy atom. The molecule has 1 aromatic heterocycles. The number of benzene rings is 3. The van der Waals surface area contributed by atoms with Gasteiger partial charge in [0, 0.05) is 17.8 Å². The van der Waals surface area contributed by atoms with E-state index < -0.39 is 10.8 Å². The van der Waals surface area contributed by atoms with Gasteiger partial charge in [-0.3, -0.25) is 14.9 Å². The highest BCUT2D eigenvalue weighted by Gasteiger charge is 2.20. The zero-order valence-electron chi connectivity index (χ0n) is 16.0. The third kappa shape index (κ3) is 4.12. The van der Waals surface area contributed by atoms with Gasteiger partial charge in [-0.2, -0.15) is 0 Å². The molecule has 8 nitrogen and oxygen atoms in total. The second-order valence-corrected chi connectivity index (χ2v) is 6.73. The van der Waals surface area contributed by atoms with Gasteiger partial charge >= 0.3 is 0 Å². The van der Waals surface area contributed by atoms with Crippen molar-refractivity contribution in [3.63, 3.8) is 0 Å². The molecule has 3 aromatic carbocycles. The Balaban J connectivity index is 1.44. The number of non-ortho nitro benzene ring substituents is 1. The SMILES string of the molecule is CC(C(=O)Nc1ccc(Oc2ccccc2)cc1)c1nc2cc([N+](=O)[O-])ccc2[nH]1. The van der Waals surface area contributed by atoms with Crippen LogP contribution in [0.25, 0.3) is 11.0 Å². The molecule has 2 N–H and O–H groups in total. The first-order valence-electron chi connectivity index (χ1n) is 9.27. The minimum atomic E-state index is -0.572. The predicted molar refractivity (Wildman–Crippen MR) is 113 cm³/mol. The lowest BCUT2D eigenvalue weighted by molar-refractivity contribution is -0.384. The molecule has 150 valence electrons. The van der Waals surface area contributed by atoms with E-state index in [4.69, 9.17) is 4.74 Å². The van der Waals surface area contributed by atoms with Gasteiger partial charge in [0.05, 0.1) is 21.9 Å². The Morgan fingerprint density at radius 1 is 1.07 bits per heavy atom. The van der Waals surface area contributed by atoms with E-state index in [-0.39, 0.29) is 11.6 Å². The van der Waals surface area contributed by atoms with Crippen LogP contribution >= 0.6 is 0 Å². The minimum Gasteiger partial charge on any atom is -0.457 e. The van der Waals surface area contributed by atoms with E-state index in [1.54, 1.807) is 37.3 Å². The highest BCUT2D eigenvalue weighted by atomic mass is 16.6. The van der Waals surface area contributed by atoms with Crippen LogP contribution in [0.5, 0.6) is 11.5 Å². The van der Waals surface area contributed by atoms with E-state index >= 15 is 0 Å². The van der Waals surface area contributed by atoms with Crippen molar-refractivity contribution in [2.75, 3.05) is 5.32 Å². The van der Waals surface area contributed by atoms with Crippen molar-refractivity contribution in [1.82, 2.24) is 9.97 Å². The summed E-state index contributed by atoms with van der Waals surface area (Å²) in [6.07, 6.45) is 0. The van der Waals surface area contributed by atoms with Crippen LogP contribution in [0, 0.1) is 10.1 Å². The van der Waals surface area contributed by atoms with Crippen LogP contribution in [0.15, 0.2) is 72.8 Å². The summed E-state index contributed by atoms with van der Waals surface area (Å²) >= 11 is 0. The Morgan fingerprint density at radius 3 is 2.47 bits per heavy atom. The van der Waals surface area contributed by atoms with Crippen molar-refractivity contribution in [2.24, 2.45) is 0 Å². The Kier molecular flexibility index (Phi) is 5.13. The van der Waals surface area contributed by atoms with Crippen LogP contribution < -0.4 is 10.1 Å². The summed E-state index contributed by atoms with van der Waals surface area (Å²) in [5.74, 6) is 1.00. The number of anilines is 1. The molecule has 0 fully saturated rings. The van der Waals surface area contributed by atoms with Gasteiger partial charge in [-0.25, -0.2) is 4.98 Å². The van der Waals surface area contributed by atoms with Gasteiger partial charge in [0.1, 0.15) is 17.3 Å². The number of carbonyl (C=O) groups excluding carboxylic acids is 1. The number of fused-ring (bicyclic) bond motifs is 1. The molecule has 1 unspecified atom stereocenters. The number of aromatic amines is 1. The number of nitro groups is 1. The van der Waals surface area contributed by atoms with E-state index in [0.717, 1.165) is 5.75 Å². The van der Waals surface area contributed by atoms with Gasteiger partial charge in [0.15, 0.2) is 0 Å². The number of para-hydroxylation sites is 1. The number of ether oxygens (including phenoxy) is 1. The maximum atomic E-state index is 12.6. The number of hydrogen-bond acceptors (Lipinski definition) is 5. The number of H-pyrrole nitrogens is 1. The molecule has 0 bridgehead atoms. The predicted octanol–water partition coefficient (Wildman–Crippen LogP) is 5.01. The molecule has 0 radical (unpaired) electrons. The highest BCUT2D eigenvalue weighted by Crippen LogP contribution is 2.25. The number of hydrogen-bond donors (Lipinski definition) is 2. The molecular weight excluding hydrogens is 384 g/mol. The van der Waals surface area contributed by atoms with Gasteiger partial charge in [0.25, 0.3) is 5.69 Å². The summed E-state index contributed by atoms with van der Waals surface area (Å²) in [6.45, 7) is 1.72. The zero-order chi connectivity index (χ0) is 21.1. The van der Waals surface area contributed by atoms with Gasteiger partial charge in [-0.1, -0.05) is 18.2 Å². The van der Waals surface area contributed by atoms with Crippen LogP contribution in [0.3, 0.4) is 0 Å². The Labute approximate surface area is 171 Å². The van der Waals surface area contributed by atoms with Gasteiger partial charge in [-0.05, 0) is 49.4 Å². The number of carbonyl (C=O) groups is 1. The summed E-state index contributed by atoms with van der Waals surface area (Å²) in [4.78, 5) is 30.5. The van der Waals surface area contributed by atoms with Crippen LogP contribution in [0.2, 0.25) is 0 Å². The number of nitro benzene ring substituents is 1. The standard InChI is InChI=1S/C22H18N4O4/c1-14(21-24-19-12-9-16(26(28)29)13-20(19)25-21)22(27)23-15-7-10-18(11-8-15)30-17-5-3-2-4-6-17/h2-14H,1H3,(H,23,27)(H,24,25). The monoisotopic (exact) mass is 402 g/mol. The quantitative estimate of drug-likeness (QED) is 0.348. The molecular formula is C22H18N4O4. The fourth-order valence-electron chi connectivity index (χ4n) is 2.94. The molecule has 30 heavy (non-hydrogen) atoms. The molecule has 0 aliphatic heterocycles. The topological polar surface area (TPSA) is 110 Å². The third-order valence-electron chi connectivity index (χ3n) is 4.60. The van der Waals surface area contributed by atoms with Crippen molar-refractivity contribution in [1.29, 1.82) is 0 Å². The highest BCUT2D eigenvalue weighted by molar-refractivity contribution is 5.95. The summed E-state index contributed by atoms with van der Waals surface area (Å²) in [6, 6.07) is 20.8. The molecule has 4 aromatic rings. The number of nitrogens with zero attached hydrogens (tertiary/aromatic N) is 2. The minimum absolute atomic E-state index is 0.0459. The second kappa shape index (κ2) is 8.04. The Bertz CT molecular complexity index is 1200. The number of nitrogens with one attached hydrogen (secondary N) is 2. The van der Waals surface area contributed by atoms with Crippen molar-refractivity contribution in [3.05, 3.63) is 88.7 Å². The summed E-state index contributed by atoms with van der Waals surface area (Å²) in [5, 5.41) is 13.8. The van der Waals surface area contributed by atoms with Crippen molar-refractivity contribution in [3.8, 4) is 11.5 Å². The van der Waals surface area contributed by atoms with Crippen molar-refractivity contribution in [2.45, 2.75) is 12.8 Å². The maximum Gasteiger partial charge on any atom is 0.271 e. The molecule has 4 rings (SSSR count). The molecule has 1 heterocycles. The van der Waals surface area contributed by atoms with E-state index in [1.165, 1.54) is 12.1 Å². The maximum absolute atomic E-state index is 12.6. The smallest absolute Gasteiger partial charge is 0.271 e. The number of imidazole rings is 1. The van der Waals surface area contributed by atoms with Crippen molar-refractivity contribution < 1.29 is 14.5 Å². The lowest BCUT2D eigenvalue weighted by Crippen LogP contribution is -2.19. The van der Waals surface area contributed by atoms with Crippen molar-refractivity contribution >= 4 is 28.3 Å². The fraction of sp³-hybridized carbons (Fsp3) is 0.0909. The first-order valence-corrected chi connectivity index (χ1v) is 9.27.